The smallest absolute Gasteiger partial charge is 0.242 e. The van der Waals surface area contributed by atoms with Crippen molar-refractivity contribution in [2.24, 2.45) is 0 Å². The number of ether oxygens (including phenoxy) is 2. The molecular weight excluding hydrogens is 396 g/mol. The van der Waals surface area contributed by atoms with Crippen LogP contribution in [0.5, 0.6) is 11.5 Å². The van der Waals surface area contributed by atoms with Gasteiger partial charge in [0, 0.05) is 18.5 Å². The third-order valence-electron chi connectivity index (χ3n) is 5.10. The van der Waals surface area contributed by atoms with Crippen LogP contribution in [0.25, 0.3) is 0 Å². The van der Waals surface area contributed by atoms with Gasteiger partial charge in [-0.1, -0.05) is 13.0 Å². The van der Waals surface area contributed by atoms with Gasteiger partial charge >= 0.3 is 0 Å². The number of carbonyl (C=O) groups excluding carboxylic acids is 2. The van der Waals surface area contributed by atoms with Crippen LogP contribution in [0, 0.1) is 0 Å². The van der Waals surface area contributed by atoms with Crippen molar-refractivity contribution in [1.82, 2.24) is 9.80 Å². The van der Waals surface area contributed by atoms with Crippen LogP contribution in [0.4, 0.5) is 0 Å². The van der Waals surface area contributed by atoms with Gasteiger partial charge in [0.2, 0.25) is 11.8 Å². The molecule has 1 aromatic heterocycles. The fourth-order valence-electron chi connectivity index (χ4n) is 3.31. The van der Waals surface area contributed by atoms with Crippen molar-refractivity contribution in [2.75, 3.05) is 27.3 Å². The van der Waals surface area contributed by atoms with E-state index in [0.717, 1.165) is 5.56 Å². The molecule has 2 rings (SSSR count). The van der Waals surface area contributed by atoms with Crippen LogP contribution >= 0.6 is 0 Å². The lowest BCUT2D eigenvalue weighted by Crippen LogP contribution is -2.51. The van der Waals surface area contributed by atoms with Crippen molar-refractivity contribution >= 4 is 11.8 Å². The average molecular weight is 431 g/mol. The minimum absolute atomic E-state index is 0.0306. The summed E-state index contributed by atoms with van der Waals surface area (Å²) in [6.45, 7) is 8.48. The first kappa shape index (κ1) is 24.3. The molecular formula is C24H34N2O5. The van der Waals surface area contributed by atoms with E-state index >= 15 is 0 Å². The summed E-state index contributed by atoms with van der Waals surface area (Å²) in [6, 6.07) is 9.37. The molecule has 0 saturated carbocycles. The molecule has 0 bridgehead atoms. The van der Waals surface area contributed by atoms with Crippen molar-refractivity contribution in [2.45, 2.75) is 52.6 Å². The maximum absolute atomic E-state index is 13.2. The van der Waals surface area contributed by atoms with Gasteiger partial charge in [-0.05, 0) is 57.0 Å². The van der Waals surface area contributed by atoms with E-state index in [1.807, 2.05) is 52.0 Å². The number of hydrogen-bond donors (Lipinski definition) is 0. The van der Waals surface area contributed by atoms with E-state index in [9.17, 15) is 9.59 Å². The van der Waals surface area contributed by atoms with Gasteiger partial charge < -0.3 is 23.7 Å². The molecule has 0 aliphatic carbocycles. The van der Waals surface area contributed by atoms with E-state index < -0.39 is 5.54 Å². The molecule has 2 aromatic rings. The normalized spacial score (nSPS) is 11.2. The summed E-state index contributed by atoms with van der Waals surface area (Å²) in [5, 5.41) is 0. The van der Waals surface area contributed by atoms with Crippen molar-refractivity contribution in [1.29, 1.82) is 0 Å². The van der Waals surface area contributed by atoms with Crippen LogP contribution in [-0.2, 0) is 22.6 Å². The number of carbonyl (C=O) groups is 2. The Labute approximate surface area is 184 Å². The van der Waals surface area contributed by atoms with Crippen molar-refractivity contribution in [3.05, 3.63) is 47.9 Å². The van der Waals surface area contributed by atoms with Gasteiger partial charge in [0.25, 0.3) is 0 Å². The second-order valence-electron chi connectivity index (χ2n) is 8.34. The van der Waals surface area contributed by atoms with Gasteiger partial charge in [-0.3, -0.25) is 9.59 Å². The maximum Gasteiger partial charge on any atom is 0.242 e. The molecule has 31 heavy (non-hydrogen) atoms. The molecule has 1 heterocycles. The van der Waals surface area contributed by atoms with Gasteiger partial charge in [-0.25, -0.2) is 0 Å². The summed E-state index contributed by atoms with van der Waals surface area (Å²) in [4.78, 5) is 29.1. The minimum atomic E-state index is -0.442. The standard InChI is InChI=1S/C24H34N2O5/c1-7-22(27)26(24(2,3)4)17-23(28)25(16-19-9-8-14-31-19)13-12-18-10-11-20(29-5)21(15-18)30-6/h8-11,14-15H,7,12-13,16-17H2,1-6H3. The maximum atomic E-state index is 13.2. The number of nitrogens with zero attached hydrogens (tertiary/aromatic N) is 2. The summed E-state index contributed by atoms with van der Waals surface area (Å²) < 4.78 is 16.1. The Morgan fingerprint density at radius 3 is 2.29 bits per heavy atom. The molecule has 170 valence electrons. The first-order valence-corrected chi connectivity index (χ1v) is 10.5. The molecule has 0 saturated heterocycles. The number of amides is 2. The Morgan fingerprint density at radius 2 is 1.74 bits per heavy atom. The van der Waals surface area contributed by atoms with Crippen LogP contribution in [0.15, 0.2) is 41.0 Å². The van der Waals surface area contributed by atoms with Gasteiger partial charge in [-0.15, -0.1) is 0 Å². The lowest BCUT2D eigenvalue weighted by atomic mass is 10.1. The highest BCUT2D eigenvalue weighted by Crippen LogP contribution is 2.28. The van der Waals surface area contributed by atoms with Crippen molar-refractivity contribution in [3.63, 3.8) is 0 Å². The average Bonchev–Trinajstić information content (AvgIpc) is 3.26. The number of furan rings is 1. The fraction of sp³-hybridized carbons (Fsp3) is 0.500. The molecule has 0 radical (unpaired) electrons. The van der Waals surface area contributed by atoms with E-state index in [2.05, 4.69) is 0 Å². The molecule has 2 amide bonds. The Balaban J connectivity index is 2.18. The predicted octanol–water partition coefficient (Wildman–Crippen LogP) is 3.91. The third-order valence-corrected chi connectivity index (χ3v) is 5.10. The van der Waals surface area contributed by atoms with Gasteiger partial charge in [-0.2, -0.15) is 0 Å². The lowest BCUT2D eigenvalue weighted by molar-refractivity contribution is -0.145. The molecule has 0 aliphatic heterocycles. The van der Waals surface area contributed by atoms with Gasteiger partial charge in [0.15, 0.2) is 11.5 Å². The van der Waals surface area contributed by atoms with Gasteiger partial charge in [0.05, 0.1) is 27.0 Å². The molecule has 0 fully saturated rings. The van der Waals surface area contributed by atoms with Crippen LogP contribution in [0.3, 0.4) is 0 Å². The van der Waals surface area contributed by atoms with Gasteiger partial charge in [0.1, 0.15) is 12.3 Å². The largest absolute Gasteiger partial charge is 0.493 e. The first-order chi connectivity index (χ1) is 14.7. The van der Waals surface area contributed by atoms with E-state index in [-0.39, 0.29) is 18.4 Å². The van der Waals surface area contributed by atoms with Crippen molar-refractivity contribution in [3.8, 4) is 11.5 Å². The zero-order valence-electron chi connectivity index (χ0n) is 19.4. The predicted molar refractivity (Wildman–Crippen MR) is 119 cm³/mol. The Kier molecular flexibility index (Phi) is 8.54. The highest BCUT2D eigenvalue weighted by molar-refractivity contribution is 5.85. The molecule has 0 spiro atoms. The summed E-state index contributed by atoms with van der Waals surface area (Å²) in [5.74, 6) is 1.85. The molecule has 0 aliphatic rings. The number of benzene rings is 1. The Morgan fingerprint density at radius 1 is 1.03 bits per heavy atom. The molecule has 0 unspecified atom stereocenters. The van der Waals surface area contributed by atoms with Crippen LogP contribution in [0.1, 0.15) is 45.4 Å². The second-order valence-corrected chi connectivity index (χ2v) is 8.34. The monoisotopic (exact) mass is 430 g/mol. The molecule has 7 nitrogen and oxygen atoms in total. The highest BCUT2D eigenvalue weighted by atomic mass is 16.5. The fourth-order valence-corrected chi connectivity index (χ4v) is 3.31. The number of hydrogen-bond acceptors (Lipinski definition) is 5. The summed E-state index contributed by atoms with van der Waals surface area (Å²) in [7, 11) is 3.19. The van der Waals surface area contributed by atoms with E-state index in [1.165, 1.54) is 0 Å². The molecule has 0 atom stereocenters. The van der Waals surface area contributed by atoms with E-state index in [4.69, 9.17) is 13.9 Å². The summed E-state index contributed by atoms with van der Waals surface area (Å²) in [6.07, 6.45) is 2.58. The number of methoxy groups -OCH3 is 2. The second kappa shape index (κ2) is 10.9. The van der Waals surface area contributed by atoms with E-state index in [1.54, 1.807) is 36.3 Å². The Bertz CT molecular complexity index is 855. The first-order valence-electron chi connectivity index (χ1n) is 10.5. The minimum Gasteiger partial charge on any atom is -0.493 e. The SMILES string of the molecule is CCC(=O)N(CC(=O)N(CCc1ccc(OC)c(OC)c1)Cc1ccco1)C(C)(C)C. The molecule has 7 heteroatoms. The van der Waals surface area contributed by atoms with E-state index in [0.29, 0.717) is 43.2 Å². The zero-order valence-corrected chi connectivity index (χ0v) is 19.4. The Hall–Kier alpha value is -2.96. The lowest BCUT2D eigenvalue weighted by Gasteiger charge is -2.36. The summed E-state index contributed by atoms with van der Waals surface area (Å²) >= 11 is 0. The van der Waals surface area contributed by atoms with Crippen LogP contribution in [0.2, 0.25) is 0 Å². The zero-order chi connectivity index (χ0) is 23.0. The number of rotatable bonds is 10. The molecule has 1 aromatic carbocycles. The van der Waals surface area contributed by atoms with Crippen molar-refractivity contribution < 1.29 is 23.5 Å². The molecule has 0 N–H and O–H groups in total. The van der Waals surface area contributed by atoms with Crippen LogP contribution < -0.4 is 9.47 Å². The highest BCUT2D eigenvalue weighted by Gasteiger charge is 2.29. The topological polar surface area (TPSA) is 72.2 Å². The third kappa shape index (κ3) is 6.77. The summed E-state index contributed by atoms with van der Waals surface area (Å²) in [5.41, 5.74) is 0.579. The van der Waals surface area contributed by atoms with Crippen LogP contribution in [-0.4, -0.2) is 54.5 Å². The quantitative estimate of drug-likeness (QED) is 0.572.